The molecule has 5 nitrogen and oxygen atoms in total. The van der Waals surface area contributed by atoms with Crippen LogP contribution in [0.25, 0.3) is 0 Å². The number of nitrogens with one attached hydrogen (secondary N) is 1. The zero-order chi connectivity index (χ0) is 15.9. The lowest BCUT2D eigenvalue weighted by Crippen LogP contribution is -2.17. The van der Waals surface area contributed by atoms with Crippen molar-refractivity contribution < 1.29 is 9.53 Å². The Labute approximate surface area is 137 Å². The van der Waals surface area contributed by atoms with Gasteiger partial charge in [0.2, 0.25) is 0 Å². The van der Waals surface area contributed by atoms with Crippen LogP contribution in [0.5, 0.6) is 5.75 Å². The average molecular weight is 362 g/mol. The molecule has 0 unspecified atom stereocenters. The highest BCUT2D eigenvalue weighted by Crippen LogP contribution is 2.26. The van der Waals surface area contributed by atoms with Crippen LogP contribution in [0.15, 0.2) is 52.3 Å². The molecular formula is C16H16BrN3O2. The fraction of sp³-hybridized carbons (Fsp3) is 0.188. The third-order valence-electron chi connectivity index (χ3n) is 2.64. The van der Waals surface area contributed by atoms with Crippen molar-refractivity contribution in [1.29, 1.82) is 0 Å². The summed E-state index contributed by atoms with van der Waals surface area (Å²) in [7, 11) is 0. The fourth-order valence-corrected chi connectivity index (χ4v) is 2.17. The summed E-state index contributed by atoms with van der Waals surface area (Å²) in [5, 5.41) is 3.94. The van der Waals surface area contributed by atoms with Gasteiger partial charge in [-0.1, -0.05) is 0 Å². The third kappa shape index (κ3) is 4.66. The summed E-state index contributed by atoms with van der Waals surface area (Å²) in [6.45, 7) is 3.94. The molecule has 0 fully saturated rings. The zero-order valence-corrected chi connectivity index (χ0v) is 13.9. The second kappa shape index (κ2) is 7.70. The molecule has 0 bridgehead atoms. The van der Waals surface area contributed by atoms with E-state index < -0.39 is 0 Å². The van der Waals surface area contributed by atoms with E-state index in [2.05, 4.69) is 31.4 Å². The lowest BCUT2D eigenvalue weighted by atomic mass is 10.2. The van der Waals surface area contributed by atoms with E-state index in [1.807, 2.05) is 32.0 Å². The Hall–Kier alpha value is -2.21. The number of carbonyl (C=O) groups is 1. The summed E-state index contributed by atoms with van der Waals surface area (Å²) in [4.78, 5) is 15.7. The van der Waals surface area contributed by atoms with Crippen molar-refractivity contribution in [2.75, 3.05) is 0 Å². The van der Waals surface area contributed by atoms with Gasteiger partial charge in [-0.15, -0.1) is 0 Å². The molecule has 1 N–H and O–H groups in total. The van der Waals surface area contributed by atoms with Crippen LogP contribution in [-0.4, -0.2) is 23.2 Å². The number of halogens is 1. The van der Waals surface area contributed by atoms with Crippen LogP contribution in [0.1, 0.15) is 29.8 Å². The molecule has 2 aromatic rings. The monoisotopic (exact) mass is 361 g/mol. The smallest absolute Gasteiger partial charge is 0.271 e. The van der Waals surface area contributed by atoms with Crippen molar-refractivity contribution in [1.82, 2.24) is 10.4 Å². The molecule has 1 aromatic carbocycles. The van der Waals surface area contributed by atoms with Gasteiger partial charge < -0.3 is 4.74 Å². The first-order valence-corrected chi connectivity index (χ1v) is 7.55. The molecule has 22 heavy (non-hydrogen) atoms. The number of rotatable bonds is 5. The van der Waals surface area contributed by atoms with Crippen LogP contribution in [0.4, 0.5) is 0 Å². The van der Waals surface area contributed by atoms with Gasteiger partial charge in [-0.05, 0) is 65.7 Å². The summed E-state index contributed by atoms with van der Waals surface area (Å²) in [6, 6.07) is 8.85. The Morgan fingerprint density at radius 3 is 2.68 bits per heavy atom. The molecule has 0 aliphatic carbocycles. The molecule has 0 aliphatic rings. The largest absolute Gasteiger partial charge is 0.490 e. The SMILES string of the molecule is CC(C)Oc1ccc(/C=N\NC(=O)c2ccncc2)cc1Br. The standard InChI is InChI=1S/C16H16BrN3O2/c1-11(2)22-15-4-3-12(9-14(15)17)10-19-20-16(21)13-5-7-18-8-6-13/h3-11H,1-2H3,(H,20,21)/b19-10-. The van der Waals surface area contributed by atoms with Crippen molar-refractivity contribution in [3.05, 3.63) is 58.3 Å². The van der Waals surface area contributed by atoms with E-state index in [1.54, 1.807) is 30.7 Å². The first-order valence-electron chi connectivity index (χ1n) is 6.76. The number of nitrogens with zero attached hydrogens (tertiary/aromatic N) is 2. The Morgan fingerprint density at radius 1 is 1.32 bits per heavy atom. The molecular weight excluding hydrogens is 346 g/mol. The van der Waals surface area contributed by atoms with Gasteiger partial charge in [0.25, 0.3) is 5.91 Å². The number of hydrazone groups is 1. The van der Waals surface area contributed by atoms with Crippen molar-refractivity contribution in [3.63, 3.8) is 0 Å². The number of pyridine rings is 1. The molecule has 2 rings (SSSR count). The van der Waals surface area contributed by atoms with Crippen molar-refractivity contribution in [2.24, 2.45) is 5.10 Å². The van der Waals surface area contributed by atoms with Gasteiger partial charge in [-0.2, -0.15) is 5.10 Å². The summed E-state index contributed by atoms with van der Waals surface area (Å²) in [5.41, 5.74) is 3.82. The average Bonchev–Trinajstić information content (AvgIpc) is 2.50. The highest BCUT2D eigenvalue weighted by molar-refractivity contribution is 9.10. The Balaban J connectivity index is 1.99. The summed E-state index contributed by atoms with van der Waals surface area (Å²) in [6.07, 6.45) is 4.80. The van der Waals surface area contributed by atoms with Gasteiger partial charge in [-0.25, -0.2) is 5.43 Å². The van der Waals surface area contributed by atoms with Crippen LogP contribution < -0.4 is 10.2 Å². The quantitative estimate of drug-likeness (QED) is 0.655. The molecule has 0 saturated carbocycles. The topological polar surface area (TPSA) is 63.6 Å². The minimum Gasteiger partial charge on any atom is -0.490 e. The van der Waals surface area contributed by atoms with Gasteiger partial charge in [0.05, 0.1) is 16.8 Å². The molecule has 0 saturated heterocycles. The zero-order valence-electron chi connectivity index (χ0n) is 12.3. The van der Waals surface area contributed by atoms with E-state index in [4.69, 9.17) is 4.74 Å². The first kappa shape index (κ1) is 16.2. The Morgan fingerprint density at radius 2 is 2.05 bits per heavy atom. The molecule has 1 aromatic heterocycles. The lowest BCUT2D eigenvalue weighted by Gasteiger charge is -2.11. The van der Waals surface area contributed by atoms with Crippen molar-refractivity contribution >= 4 is 28.1 Å². The molecule has 0 radical (unpaired) electrons. The van der Waals surface area contributed by atoms with E-state index >= 15 is 0 Å². The van der Waals surface area contributed by atoms with Crippen LogP contribution >= 0.6 is 15.9 Å². The number of aromatic nitrogens is 1. The van der Waals surface area contributed by atoms with Gasteiger partial charge in [0.15, 0.2) is 0 Å². The van der Waals surface area contributed by atoms with Crippen LogP contribution in [-0.2, 0) is 0 Å². The summed E-state index contributed by atoms with van der Waals surface area (Å²) < 4.78 is 6.47. The number of hydrogen-bond acceptors (Lipinski definition) is 4. The molecule has 0 spiro atoms. The maximum atomic E-state index is 11.8. The predicted octanol–water partition coefficient (Wildman–Crippen LogP) is 3.40. The minimum atomic E-state index is -0.280. The maximum absolute atomic E-state index is 11.8. The normalized spacial score (nSPS) is 10.9. The van der Waals surface area contributed by atoms with Crippen LogP contribution in [0.3, 0.4) is 0 Å². The first-order chi connectivity index (χ1) is 10.6. The van der Waals surface area contributed by atoms with Gasteiger partial charge in [0, 0.05) is 18.0 Å². The number of ether oxygens (including phenoxy) is 1. The number of carbonyl (C=O) groups excluding carboxylic acids is 1. The number of benzene rings is 1. The van der Waals surface area contributed by atoms with E-state index in [0.717, 1.165) is 15.8 Å². The molecule has 1 heterocycles. The summed E-state index contributed by atoms with van der Waals surface area (Å²) >= 11 is 3.45. The van der Waals surface area contributed by atoms with E-state index in [0.29, 0.717) is 5.56 Å². The molecule has 6 heteroatoms. The predicted molar refractivity (Wildman–Crippen MR) is 89.2 cm³/mol. The fourth-order valence-electron chi connectivity index (χ4n) is 1.68. The molecule has 0 atom stereocenters. The highest BCUT2D eigenvalue weighted by Gasteiger charge is 2.04. The lowest BCUT2D eigenvalue weighted by molar-refractivity contribution is 0.0955. The van der Waals surface area contributed by atoms with Crippen molar-refractivity contribution in [2.45, 2.75) is 20.0 Å². The van der Waals surface area contributed by atoms with Gasteiger partial charge >= 0.3 is 0 Å². The summed E-state index contributed by atoms with van der Waals surface area (Å²) in [5.74, 6) is 0.491. The minimum absolute atomic E-state index is 0.107. The highest BCUT2D eigenvalue weighted by atomic mass is 79.9. The second-order valence-electron chi connectivity index (χ2n) is 4.79. The third-order valence-corrected chi connectivity index (χ3v) is 3.26. The molecule has 1 amide bonds. The van der Waals surface area contributed by atoms with Crippen molar-refractivity contribution in [3.8, 4) is 5.75 Å². The van der Waals surface area contributed by atoms with Gasteiger partial charge in [-0.3, -0.25) is 9.78 Å². The number of amides is 1. The Kier molecular flexibility index (Phi) is 5.66. The maximum Gasteiger partial charge on any atom is 0.271 e. The molecule has 114 valence electrons. The number of hydrogen-bond donors (Lipinski definition) is 1. The van der Waals surface area contributed by atoms with Crippen LogP contribution in [0, 0.1) is 0 Å². The van der Waals surface area contributed by atoms with E-state index in [-0.39, 0.29) is 12.0 Å². The van der Waals surface area contributed by atoms with Gasteiger partial charge in [0.1, 0.15) is 5.75 Å². The second-order valence-corrected chi connectivity index (χ2v) is 5.65. The van der Waals surface area contributed by atoms with E-state index in [9.17, 15) is 4.79 Å². The Bertz CT molecular complexity index is 672. The van der Waals surface area contributed by atoms with E-state index in [1.165, 1.54) is 0 Å². The van der Waals surface area contributed by atoms with Crippen LogP contribution in [0.2, 0.25) is 0 Å². The molecule has 0 aliphatic heterocycles.